The highest BCUT2D eigenvalue weighted by atomic mass is 16.5. The second kappa shape index (κ2) is 7.70. The monoisotopic (exact) mass is 368 g/mol. The number of hydrogen-bond acceptors (Lipinski definition) is 7. The molecule has 2 aliphatic rings. The highest BCUT2D eigenvalue weighted by Gasteiger charge is 2.29. The molecule has 7 nitrogen and oxygen atoms in total. The fourth-order valence-electron chi connectivity index (χ4n) is 3.91. The van der Waals surface area contributed by atoms with E-state index in [0.29, 0.717) is 17.9 Å². The lowest BCUT2D eigenvalue weighted by molar-refractivity contribution is 0.249. The van der Waals surface area contributed by atoms with E-state index in [1.807, 2.05) is 12.1 Å². The molecule has 0 spiro atoms. The molecule has 2 aromatic rings. The summed E-state index contributed by atoms with van der Waals surface area (Å²) in [6.45, 7) is 4.78. The summed E-state index contributed by atoms with van der Waals surface area (Å²) in [5.41, 5.74) is 14.2. The van der Waals surface area contributed by atoms with Crippen LogP contribution in [0.1, 0.15) is 30.0 Å². The van der Waals surface area contributed by atoms with Gasteiger partial charge < -0.3 is 21.1 Å². The quantitative estimate of drug-likeness (QED) is 0.828. The normalized spacial score (nSPS) is 23.1. The number of piperazine rings is 1. The zero-order valence-electron chi connectivity index (χ0n) is 15.8. The van der Waals surface area contributed by atoms with Gasteiger partial charge in [-0.2, -0.15) is 4.98 Å². The summed E-state index contributed by atoms with van der Waals surface area (Å²) in [5, 5.41) is 0. The molecular formula is C20H28N6O. The number of methoxy groups -OCH3 is 1. The standard InChI is InChI=1S/C20H28N6O/c1-27-17-4-2-3-14(9-17)13-25-5-7-26(8-6-25)19-12-18(23-20(22)24-19)15-10-16(21)11-15/h2-4,9,12,15-16H,5-8,10-11,13,21H2,1H3,(H2,22,23,24). The summed E-state index contributed by atoms with van der Waals surface area (Å²) < 4.78 is 5.32. The SMILES string of the molecule is COc1cccc(CN2CCN(c3cc(C4CC(N)C4)nc(N)n3)CC2)c1. The minimum absolute atomic E-state index is 0.301. The first-order valence-corrected chi connectivity index (χ1v) is 9.61. The van der Waals surface area contributed by atoms with Crippen LogP contribution in [0.15, 0.2) is 30.3 Å². The van der Waals surface area contributed by atoms with Crippen LogP contribution in [0.2, 0.25) is 0 Å². The average molecular weight is 368 g/mol. The van der Waals surface area contributed by atoms with Gasteiger partial charge in [-0.05, 0) is 30.5 Å². The van der Waals surface area contributed by atoms with Crippen molar-refractivity contribution in [3.63, 3.8) is 0 Å². The third kappa shape index (κ3) is 4.14. The molecule has 1 aromatic heterocycles. The lowest BCUT2D eigenvalue weighted by atomic mass is 9.78. The molecule has 1 aliphatic heterocycles. The first-order valence-electron chi connectivity index (χ1n) is 9.61. The molecule has 0 radical (unpaired) electrons. The van der Waals surface area contributed by atoms with Crippen molar-refractivity contribution in [1.29, 1.82) is 0 Å². The van der Waals surface area contributed by atoms with Gasteiger partial charge in [-0.15, -0.1) is 0 Å². The van der Waals surface area contributed by atoms with Crippen molar-refractivity contribution >= 4 is 11.8 Å². The zero-order valence-corrected chi connectivity index (χ0v) is 15.8. The minimum atomic E-state index is 0.301. The van der Waals surface area contributed by atoms with E-state index in [0.717, 1.165) is 62.8 Å². The number of aromatic nitrogens is 2. The number of nitrogens with two attached hydrogens (primary N) is 2. The van der Waals surface area contributed by atoms with Crippen LogP contribution < -0.4 is 21.1 Å². The van der Waals surface area contributed by atoms with Gasteiger partial charge in [0.05, 0.1) is 12.8 Å². The number of nitrogen functional groups attached to an aromatic ring is 1. The fourth-order valence-corrected chi connectivity index (χ4v) is 3.91. The summed E-state index contributed by atoms with van der Waals surface area (Å²) >= 11 is 0. The highest BCUT2D eigenvalue weighted by molar-refractivity contribution is 5.45. The molecule has 144 valence electrons. The van der Waals surface area contributed by atoms with Crippen molar-refractivity contribution in [1.82, 2.24) is 14.9 Å². The van der Waals surface area contributed by atoms with E-state index < -0.39 is 0 Å². The molecule has 0 atom stereocenters. The van der Waals surface area contributed by atoms with Crippen molar-refractivity contribution in [2.75, 3.05) is 43.9 Å². The van der Waals surface area contributed by atoms with Crippen molar-refractivity contribution in [3.05, 3.63) is 41.6 Å². The Morgan fingerprint density at radius 2 is 1.89 bits per heavy atom. The number of benzene rings is 1. The van der Waals surface area contributed by atoms with Crippen LogP contribution in [0.25, 0.3) is 0 Å². The van der Waals surface area contributed by atoms with E-state index in [1.165, 1.54) is 5.56 Å². The van der Waals surface area contributed by atoms with Gasteiger partial charge in [-0.1, -0.05) is 12.1 Å². The molecule has 1 aromatic carbocycles. The van der Waals surface area contributed by atoms with E-state index in [2.05, 4.69) is 38.0 Å². The molecule has 0 amide bonds. The molecule has 1 saturated heterocycles. The maximum absolute atomic E-state index is 5.97. The van der Waals surface area contributed by atoms with Crippen molar-refractivity contribution in [2.24, 2.45) is 5.73 Å². The maximum Gasteiger partial charge on any atom is 0.222 e. The number of rotatable bonds is 5. The predicted molar refractivity (Wildman–Crippen MR) is 107 cm³/mol. The van der Waals surface area contributed by atoms with E-state index in [4.69, 9.17) is 16.2 Å². The summed E-state index contributed by atoms with van der Waals surface area (Å²) in [6.07, 6.45) is 1.98. The largest absolute Gasteiger partial charge is 0.497 e. The van der Waals surface area contributed by atoms with E-state index in [-0.39, 0.29) is 0 Å². The van der Waals surface area contributed by atoms with Gasteiger partial charge in [0.1, 0.15) is 11.6 Å². The lowest BCUT2D eigenvalue weighted by Crippen LogP contribution is -2.46. The van der Waals surface area contributed by atoms with Crippen LogP contribution in [0.4, 0.5) is 11.8 Å². The van der Waals surface area contributed by atoms with E-state index >= 15 is 0 Å². The molecule has 27 heavy (non-hydrogen) atoms. The Kier molecular flexibility index (Phi) is 5.13. The summed E-state index contributed by atoms with van der Waals surface area (Å²) in [7, 11) is 1.71. The van der Waals surface area contributed by atoms with Crippen molar-refractivity contribution < 1.29 is 4.74 Å². The lowest BCUT2D eigenvalue weighted by Gasteiger charge is -2.36. The number of nitrogens with zero attached hydrogens (tertiary/aromatic N) is 4. The Morgan fingerprint density at radius 3 is 2.59 bits per heavy atom. The molecule has 4 N–H and O–H groups in total. The van der Waals surface area contributed by atoms with Crippen LogP contribution in [-0.4, -0.2) is 54.2 Å². The molecule has 0 unspecified atom stereocenters. The minimum Gasteiger partial charge on any atom is -0.497 e. The topological polar surface area (TPSA) is 93.5 Å². The Bertz CT molecular complexity index is 784. The molecule has 1 aliphatic carbocycles. The molecule has 2 fully saturated rings. The Morgan fingerprint density at radius 1 is 1.11 bits per heavy atom. The highest BCUT2D eigenvalue weighted by Crippen LogP contribution is 2.36. The molecule has 7 heteroatoms. The van der Waals surface area contributed by atoms with Gasteiger partial charge in [0.2, 0.25) is 5.95 Å². The first-order chi connectivity index (χ1) is 13.1. The molecule has 0 bridgehead atoms. The van der Waals surface area contributed by atoms with Gasteiger partial charge in [0.15, 0.2) is 0 Å². The number of anilines is 2. The third-order valence-corrected chi connectivity index (χ3v) is 5.58. The smallest absolute Gasteiger partial charge is 0.222 e. The third-order valence-electron chi connectivity index (χ3n) is 5.58. The van der Waals surface area contributed by atoms with Crippen molar-refractivity contribution in [2.45, 2.75) is 31.3 Å². The summed E-state index contributed by atoms with van der Waals surface area (Å²) in [4.78, 5) is 13.7. The Hall–Kier alpha value is -2.38. The van der Waals surface area contributed by atoms with E-state index in [9.17, 15) is 0 Å². The molecule has 2 heterocycles. The van der Waals surface area contributed by atoms with Gasteiger partial charge >= 0.3 is 0 Å². The van der Waals surface area contributed by atoms with Crippen LogP contribution in [0, 0.1) is 0 Å². The van der Waals surface area contributed by atoms with Gasteiger partial charge in [0, 0.05) is 50.7 Å². The van der Waals surface area contributed by atoms with Gasteiger partial charge in [-0.25, -0.2) is 4.98 Å². The molecule has 4 rings (SSSR count). The van der Waals surface area contributed by atoms with Gasteiger partial charge in [0.25, 0.3) is 0 Å². The predicted octanol–water partition coefficient (Wildman–Crippen LogP) is 1.59. The number of hydrogen-bond donors (Lipinski definition) is 2. The van der Waals surface area contributed by atoms with Crippen LogP contribution in [0.5, 0.6) is 5.75 Å². The van der Waals surface area contributed by atoms with Gasteiger partial charge in [-0.3, -0.25) is 4.90 Å². The maximum atomic E-state index is 5.97. The average Bonchev–Trinajstić information content (AvgIpc) is 2.66. The van der Waals surface area contributed by atoms with Crippen LogP contribution >= 0.6 is 0 Å². The first kappa shape index (κ1) is 18.0. The zero-order chi connectivity index (χ0) is 18.8. The molecular weight excluding hydrogens is 340 g/mol. The van der Waals surface area contributed by atoms with Crippen LogP contribution in [-0.2, 0) is 6.54 Å². The second-order valence-electron chi connectivity index (χ2n) is 7.55. The Balaban J connectivity index is 1.37. The van der Waals surface area contributed by atoms with Crippen LogP contribution in [0.3, 0.4) is 0 Å². The second-order valence-corrected chi connectivity index (χ2v) is 7.55. The summed E-state index contributed by atoms with van der Waals surface area (Å²) in [6, 6.07) is 10.7. The van der Waals surface area contributed by atoms with Crippen molar-refractivity contribution in [3.8, 4) is 5.75 Å². The fraction of sp³-hybridized carbons (Fsp3) is 0.500. The summed E-state index contributed by atoms with van der Waals surface area (Å²) in [5.74, 6) is 2.64. The molecule has 1 saturated carbocycles. The van der Waals surface area contributed by atoms with E-state index in [1.54, 1.807) is 7.11 Å². The number of ether oxygens (including phenoxy) is 1. The Labute approximate surface area is 160 Å².